The van der Waals surface area contributed by atoms with E-state index in [9.17, 15) is 19.7 Å². The van der Waals surface area contributed by atoms with E-state index in [-0.39, 0.29) is 24.7 Å². The smallest absolute Gasteiger partial charge is 0.381 e. The van der Waals surface area contributed by atoms with Crippen LogP contribution in [0.5, 0.6) is 0 Å². The van der Waals surface area contributed by atoms with Gasteiger partial charge in [-0.05, 0) is 29.2 Å². The molecular weight excluding hydrogens is 268 g/mol. The molecule has 9 heteroatoms. The average molecular weight is 282 g/mol. The number of hydrogen-bond acceptors (Lipinski definition) is 5. The van der Waals surface area contributed by atoms with Crippen LogP contribution in [0, 0.1) is 10.1 Å². The van der Waals surface area contributed by atoms with Crippen molar-refractivity contribution >= 4 is 17.7 Å². The Morgan fingerprint density at radius 1 is 1.55 bits per heavy atom. The molecule has 9 nitrogen and oxygen atoms in total. The molecule has 0 unspecified atom stereocenters. The van der Waals surface area contributed by atoms with E-state index >= 15 is 0 Å². The van der Waals surface area contributed by atoms with Gasteiger partial charge in [-0.2, -0.15) is 0 Å². The van der Waals surface area contributed by atoms with E-state index in [4.69, 9.17) is 5.11 Å². The minimum Gasteiger partial charge on any atom is -0.480 e. The summed E-state index contributed by atoms with van der Waals surface area (Å²) in [5.41, 5.74) is -1.13. The second-order valence-electron chi connectivity index (χ2n) is 4.77. The first-order chi connectivity index (χ1) is 9.43. The fourth-order valence-electron chi connectivity index (χ4n) is 2.05. The molecule has 1 fully saturated rings. The number of rotatable bonds is 6. The van der Waals surface area contributed by atoms with E-state index in [0.29, 0.717) is 12.8 Å². The minimum atomic E-state index is -1.13. The van der Waals surface area contributed by atoms with Crippen molar-refractivity contribution in [3.05, 3.63) is 22.6 Å². The van der Waals surface area contributed by atoms with Crippen LogP contribution in [-0.4, -0.2) is 37.0 Å². The van der Waals surface area contributed by atoms with Gasteiger partial charge in [-0.3, -0.25) is 4.79 Å². The number of carbonyl (C=O) groups excluding carboxylic acids is 1. The van der Waals surface area contributed by atoms with Gasteiger partial charge in [-0.15, -0.1) is 0 Å². The lowest BCUT2D eigenvalue weighted by molar-refractivity contribution is -0.389. The van der Waals surface area contributed by atoms with Gasteiger partial charge < -0.3 is 25.1 Å². The molecule has 0 aromatic carbocycles. The van der Waals surface area contributed by atoms with Crippen LogP contribution in [-0.2, 0) is 16.1 Å². The van der Waals surface area contributed by atoms with Crippen molar-refractivity contribution in [3.63, 3.8) is 0 Å². The average Bonchev–Trinajstić information content (AvgIpc) is 2.79. The number of aryl methyl sites for hydroxylation is 1. The lowest BCUT2D eigenvalue weighted by Gasteiger charge is -2.38. The highest BCUT2D eigenvalue weighted by molar-refractivity contribution is 5.87. The molecule has 1 aromatic rings. The van der Waals surface area contributed by atoms with Crippen LogP contribution in [0.4, 0.5) is 5.82 Å². The second kappa shape index (κ2) is 5.27. The van der Waals surface area contributed by atoms with Crippen LogP contribution >= 0.6 is 0 Å². The topological polar surface area (TPSA) is 127 Å². The molecule has 1 amide bonds. The lowest BCUT2D eigenvalue weighted by Crippen LogP contribution is -2.59. The van der Waals surface area contributed by atoms with E-state index in [2.05, 4.69) is 10.3 Å². The number of nitro groups is 1. The zero-order valence-corrected chi connectivity index (χ0v) is 10.6. The summed E-state index contributed by atoms with van der Waals surface area (Å²) in [5, 5.41) is 22.0. The van der Waals surface area contributed by atoms with E-state index in [1.165, 1.54) is 17.1 Å². The van der Waals surface area contributed by atoms with Gasteiger partial charge in [0.25, 0.3) is 0 Å². The molecule has 1 heterocycles. The number of carboxylic acids is 1. The molecule has 20 heavy (non-hydrogen) atoms. The third-order valence-corrected chi connectivity index (χ3v) is 3.40. The van der Waals surface area contributed by atoms with Crippen LogP contribution in [0.15, 0.2) is 12.5 Å². The molecule has 0 aliphatic heterocycles. The van der Waals surface area contributed by atoms with Gasteiger partial charge in [0.05, 0.1) is 0 Å². The maximum atomic E-state index is 11.7. The number of carboxylic acid groups (broad SMARTS) is 1. The zero-order valence-electron chi connectivity index (χ0n) is 10.6. The predicted octanol–water partition coefficient (Wildman–Crippen LogP) is 0.305. The summed E-state index contributed by atoms with van der Waals surface area (Å²) in [6.45, 7) is 0.211. The first kappa shape index (κ1) is 14.0. The molecule has 0 radical (unpaired) electrons. The molecule has 1 aromatic heterocycles. The second-order valence-corrected chi connectivity index (χ2v) is 4.77. The molecule has 1 aliphatic carbocycles. The summed E-state index contributed by atoms with van der Waals surface area (Å²) in [6.07, 6.45) is 4.18. The standard InChI is InChI=1S/C11H14N4O5/c16-9(13-11(10(17)18)3-1-4-11)2-5-14-6-8(12-7-14)15(19)20/h6-7H,1-5H2,(H,13,16)(H,17,18). The Morgan fingerprint density at radius 2 is 2.25 bits per heavy atom. The molecule has 0 bridgehead atoms. The maximum absolute atomic E-state index is 11.7. The first-order valence-corrected chi connectivity index (χ1v) is 6.13. The van der Waals surface area contributed by atoms with Crippen molar-refractivity contribution in [3.8, 4) is 0 Å². The fourth-order valence-corrected chi connectivity index (χ4v) is 2.05. The third-order valence-electron chi connectivity index (χ3n) is 3.40. The summed E-state index contributed by atoms with van der Waals surface area (Å²) >= 11 is 0. The van der Waals surface area contributed by atoms with Gasteiger partial charge in [0.15, 0.2) is 0 Å². The summed E-state index contributed by atoms with van der Waals surface area (Å²) in [5.74, 6) is -1.69. The van der Waals surface area contributed by atoms with Crippen LogP contribution < -0.4 is 5.32 Å². The van der Waals surface area contributed by atoms with Crippen molar-refractivity contribution < 1.29 is 19.6 Å². The Balaban J connectivity index is 1.85. The first-order valence-electron chi connectivity index (χ1n) is 6.13. The van der Waals surface area contributed by atoms with Gasteiger partial charge in [-0.25, -0.2) is 4.79 Å². The van der Waals surface area contributed by atoms with Crippen molar-refractivity contribution in [1.82, 2.24) is 14.9 Å². The number of carbonyl (C=O) groups is 2. The van der Waals surface area contributed by atoms with Crippen molar-refractivity contribution in [2.75, 3.05) is 0 Å². The van der Waals surface area contributed by atoms with Gasteiger partial charge in [-0.1, -0.05) is 0 Å². The van der Waals surface area contributed by atoms with Crippen molar-refractivity contribution in [2.45, 2.75) is 37.8 Å². The molecule has 0 spiro atoms. The molecular formula is C11H14N4O5. The van der Waals surface area contributed by atoms with Gasteiger partial charge in [0, 0.05) is 13.0 Å². The zero-order chi connectivity index (χ0) is 14.8. The number of imidazole rings is 1. The Labute approximate surface area is 113 Å². The normalized spacial score (nSPS) is 16.2. The predicted molar refractivity (Wildman–Crippen MR) is 65.9 cm³/mol. The molecule has 108 valence electrons. The third kappa shape index (κ3) is 2.76. The number of amides is 1. The highest BCUT2D eigenvalue weighted by atomic mass is 16.6. The fraction of sp³-hybridized carbons (Fsp3) is 0.545. The largest absolute Gasteiger partial charge is 0.480 e. The number of hydrogen-bond donors (Lipinski definition) is 2. The van der Waals surface area contributed by atoms with E-state index in [0.717, 1.165) is 6.42 Å². The number of nitrogens with zero attached hydrogens (tertiary/aromatic N) is 3. The Hall–Kier alpha value is -2.45. The summed E-state index contributed by atoms with van der Waals surface area (Å²) in [4.78, 5) is 36.2. The molecule has 1 aliphatic rings. The van der Waals surface area contributed by atoms with E-state index in [1.807, 2.05) is 0 Å². The van der Waals surface area contributed by atoms with E-state index in [1.54, 1.807) is 0 Å². The molecule has 0 saturated heterocycles. The molecule has 2 rings (SSSR count). The molecule has 0 atom stereocenters. The van der Waals surface area contributed by atoms with Crippen LogP contribution in [0.1, 0.15) is 25.7 Å². The monoisotopic (exact) mass is 282 g/mol. The van der Waals surface area contributed by atoms with Crippen molar-refractivity contribution in [2.24, 2.45) is 0 Å². The Kier molecular flexibility index (Phi) is 3.68. The van der Waals surface area contributed by atoms with Crippen LogP contribution in [0.25, 0.3) is 0 Å². The van der Waals surface area contributed by atoms with E-state index < -0.39 is 16.4 Å². The summed E-state index contributed by atoms with van der Waals surface area (Å²) in [7, 11) is 0. The van der Waals surface area contributed by atoms with Gasteiger partial charge in [0.1, 0.15) is 11.7 Å². The highest BCUT2D eigenvalue weighted by Crippen LogP contribution is 2.32. The lowest BCUT2D eigenvalue weighted by atomic mass is 9.76. The van der Waals surface area contributed by atoms with Crippen LogP contribution in [0.3, 0.4) is 0 Å². The Bertz CT molecular complexity index is 549. The van der Waals surface area contributed by atoms with Gasteiger partial charge >= 0.3 is 11.8 Å². The molecule has 2 N–H and O–H groups in total. The number of aliphatic carboxylic acids is 1. The summed E-state index contributed by atoms with van der Waals surface area (Å²) in [6, 6.07) is 0. The SMILES string of the molecule is O=C(CCn1cnc([N+](=O)[O-])c1)NC1(C(=O)O)CCC1. The van der Waals surface area contributed by atoms with Crippen LogP contribution in [0.2, 0.25) is 0 Å². The Morgan fingerprint density at radius 3 is 2.70 bits per heavy atom. The number of aromatic nitrogens is 2. The van der Waals surface area contributed by atoms with Gasteiger partial charge in [0.2, 0.25) is 12.2 Å². The minimum absolute atomic E-state index is 0.0442. The summed E-state index contributed by atoms with van der Waals surface area (Å²) < 4.78 is 1.42. The molecule has 1 saturated carbocycles. The highest BCUT2D eigenvalue weighted by Gasteiger charge is 2.45. The maximum Gasteiger partial charge on any atom is 0.381 e. The number of nitrogens with one attached hydrogen (secondary N) is 1. The van der Waals surface area contributed by atoms with Crippen molar-refractivity contribution in [1.29, 1.82) is 0 Å². The quantitative estimate of drug-likeness (QED) is 0.570.